The molecule has 1 N–H and O–H groups in total. The fourth-order valence-electron chi connectivity index (χ4n) is 2.24. The summed E-state index contributed by atoms with van der Waals surface area (Å²) in [6.45, 7) is 4.21. The number of carbonyl (C=O) groups is 1. The Morgan fingerprint density at radius 2 is 2.25 bits per heavy atom. The molecule has 0 aromatic rings. The molecule has 0 amide bonds. The standard InChI is InChI=1S/C10H18O2/c1-3-10(2)7-5-4-6-8(10)9(11)12/h8H,3-7H2,1-2H3,(H,11,12). The highest BCUT2D eigenvalue weighted by Crippen LogP contribution is 2.43. The van der Waals surface area contributed by atoms with Crippen molar-refractivity contribution in [1.29, 1.82) is 0 Å². The average Bonchev–Trinajstić information content (AvgIpc) is 2.05. The zero-order chi connectivity index (χ0) is 9.19. The fraction of sp³-hybridized carbons (Fsp3) is 0.900. The molecule has 0 heterocycles. The summed E-state index contributed by atoms with van der Waals surface area (Å²) in [7, 11) is 0. The van der Waals surface area contributed by atoms with E-state index in [2.05, 4.69) is 13.8 Å². The first-order valence-electron chi connectivity index (χ1n) is 4.83. The van der Waals surface area contributed by atoms with Crippen molar-refractivity contribution in [3.05, 3.63) is 0 Å². The Bertz CT molecular complexity index is 177. The fourth-order valence-corrected chi connectivity index (χ4v) is 2.24. The Morgan fingerprint density at radius 1 is 1.58 bits per heavy atom. The number of carboxylic acid groups (broad SMARTS) is 1. The molecule has 0 aromatic heterocycles. The second-order valence-electron chi connectivity index (χ2n) is 4.14. The highest BCUT2D eigenvalue weighted by Gasteiger charge is 2.39. The molecule has 0 radical (unpaired) electrons. The second-order valence-corrected chi connectivity index (χ2v) is 4.14. The van der Waals surface area contributed by atoms with Crippen molar-refractivity contribution < 1.29 is 9.90 Å². The molecule has 1 aliphatic carbocycles. The lowest BCUT2D eigenvalue weighted by molar-refractivity contribution is -0.148. The molecule has 70 valence electrons. The first-order chi connectivity index (χ1) is 5.60. The van der Waals surface area contributed by atoms with E-state index in [0.717, 1.165) is 25.7 Å². The monoisotopic (exact) mass is 170 g/mol. The van der Waals surface area contributed by atoms with Gasteiger partial charge in [0.15, 0.2) is 0 Å². The van der Waals surface area contributed by atoms with E-state index >= 15 is 0 Å². The van der Waals surface area contributed by atoms with Crippen LogP contribution in [0.3, 0.4) is 0 Å². The van der Waals surface area contributed by atoms with Gasteiger partial charge in [0, 0.05) is 0 Å². The summed E-state index contributed by atoms with van der Waals surface area (Å²) in [6, 6.07) is 0. The molecule has 2 unspecified atom stereocenters. The summed E-state index contributed by atoms with van der Waals surface area (Å²) in [4.78, 5) is 10.9. The molecule has 0 bridgehead atoms. The van der Waals surface area contributed by atoms with Crippen molar-refractivity contribution in [2.45, 2.75) is 46.0 Å². The van der Waals surface area contributed by atoms with Crippen molar-refractivity contribution in [1.82, 2.24) is 0 Å². The number of hydrogen-bond donors (Lipinski definition) is 1. The van der Waals surface area contributed by atoms with E-state index in [1.807, 2.05) is 0 Å². The lowest BCUT2D eigenvalue weighted by Gasteiger charge is -2.38. The van der Waals surface area contributed by atoms with E-state index in [0.29, 0.717) is 0 Å². The van der Waals surface area contributed by atoms with E-state index in [4.69, 9.17) is 5.11 Å². The lowest BCUT2D eigenvalue weighted by atomic mass is 9.66. The molecule has 0 aromatic carbocycles. The van der Waals surface area contributed by atoms with Crippen LogP contribution in [0, 0.1) is 11.3 Å². The first kappa shape index (κ1) is 9.56. The van der Waals surface area contributed by atoms with E-state index < -0.39 is 5.97 Å². The van der Waals surface area contributed by atoms with Gasteiger partial charge >= 0.3 is 5.97 Å². The summed E-state index contributed by atoms with van der Waals surface area (Å²) in [5, 5.41) is 9.00. The van der Waals surface area contributed by atoms with Gasteiger partial charge in [-0.3, -0.25) is 4.79 Å². The van der Waals surface area contributed by atoms with E-state index in [-0.39, 0.29) is 11.3 Å². The van der Waals surface area contributed by atoms with Crippen LogP contribution in [-0.2, 0) is 4.79 Å². The van der Waals surface area contributed by atoms with Gasteiger partial charge in [0.2, 0.25) is 0 Å². The maximum Gasteiger partial charge on any atom is 0.307 e. The molecule has 1 aliphatic rings. The van der Waals surface area contributed by atoms with Crippen molar-refractivity contribution in [3.63, 3.8) is 0 Å². The minimum absolute atomic E-state index is 0.0596. The lowest BCUT2D eigenvalue weighted by Crippen LogP contribution is -2.35. The van der Waals surface area contributed by atoms with Crippen LogP contribution >= 0.6 is 0 Å². The van der Waals surface area contributed by atoms with Crippen LogP contribution in [-0.4, -0.2) is 11.1 Å². The summed E-state index contributed by atoms with van der Waals surface area (Å²) in [5.41, 5.74) is 0.0596. The SMILES string of the molecule is CCC1(C)CCCCC1C(=O)O. The zero-order valence-corrected chi connectivity index (χ0v) is 7.97. The third-order valence-electron chi connectivity index (χ3n) is 3.44. The quantitative estimate of drug-likeness (QED) is 0.691. The number of carboxylic acids is 1. The Kier molecular flexibility index (Phi) is 2.76. The summed E-state index contributed by atoms with van der Waals surface area (Å²) in [6.07, 6.45) is 5.24. The third-order valence-corrected chi connectivity index (χ3v) is 3.44. The summed E-state index contributed by atoms with van der Waals surface area (Å²) < 4.78 is 0. The molecule has 0 saturated heterocycles. The minimum Gasteiger partial charge on any atom is -0.481 e. The molecular weight excluding hydrogens is 152 g/mol. The highest BCUT2D eigenvalue weighted by molar-refractivity contribution is 5.71. The largest absolute Gasteiger partial charge is 0.481 e. The predicted molar refractivity (Wildman–Crippen MR) is 48.0 cm³/mol. The number of aliphatic carboxylic acids is 1. The summed E-state index contributed by atoms with van der Waals surface area (Å²) >= 11 is 0. The minimum atomic E-state index is -0.598. The van der Waals surface area contributed by atoms with Crippen molar-refractivity contribution in [3.8, 4) is 0 Å². The Labute approximate surface area is 74.0 Å². The maximum absolute atomic E-state index is 10.9. The van der Waals surface area contributed by atoms with Gasteiger partial charge in [0.25, 0.3) is 0 Å². The van der Waals surface area contributed by atoms with E-state index in [1.54, 1.807) is 0 Å². The third kappa shape index (κ3) is 1.62. The Balaban J connectivity index is 2.73. The number of hydrogen-bond acceptors (Lipinski definition) is 1. The van der Waals surface area contributed by atoms with Crippen LogP contribution in [0.5, 0.6) is 0 Å². The van der Waals surface area contributed by atoms with Crippen molar-refractivity contribution in [2.75, 3.05) is 0 Å². The molecular formula is C10H18O2. The van der Waals surface area contributed by atoms with E-state index in [9.17, 15) is 4.79 Å². The van der Waals surface area contributed by atoms with Crippen LogP contribution in [0.25, 0.3) is 0 Å². The van der Waals surface area contributed by atoms with Gasteiger partial charge in [-0.2, -0.15) is 0 Å². The van der Waals surface area contributed by atoms with Gasteiger partial charge in [0.05, 0.1) is 5.92 Å². The molecule has 0 spiro atoms. The van der Waals surface area contributed by atoms with E-state index in [1.165, 1.54) is 6.42 Å². The molecule has 2 nitrogen and oxygen atoms in total. The Hall–Kier alpha value is -0.530. The summed E-state index contributed by atoms with van der Waals surface area (Å²) in [5.74, 6) is -0.699. The molecule has 2 atom stereocenters. The average molecular weight is 170 g/mol. The van der Waals surface area contributed by atoms with Gasteiger partial charge in [-0.1, -0.05) is 26.7 Å². The smallest absolute Gasteiger partial charge is 0.307 e. The predicted octanol–water partition coefficient (Wildman–Crippen LogP) is 2.68. The van der Waals surface area contributed by atoms with Crippen molar-refractivity contribution in [2.24, 2.45) is 11.3 Å². The van der Waals surface area contributed by atoms with Gasteiger partial charge in [-0.05, 0) is 24.7 Å². The van der Waals surface area contributed by atoms with Crippen LogP contribution in [0.15, 0.2) is 0 Å². The van der Waals surface area contributed by atoms with Crippen LogP contribution in [0.4, 0.5) is 0 Å². The normalized spacial score (nSPS) is 36.3. The van der Waals surface area contributed by atoms with Gasteiger partial charge in [0.1, 0.15) is 0 Å². The van der Waals surface area contributed by atoms with Gasteiger partial charge < -0.3 is 5.11 Å². The second kappa shape index (κ2) is 3.46. The molecule has 1 saturated carbocycles. The van der Waals surface area contributed by atoms with Gasteiger partial charge in [-0.25, -0.2) is 0 Å². The van der Waals surface area contributed by atoms with Crippen LogP contribution in [0.2, 0.25) is 0 Å². The maximum atomic E-state index is 10.9. The number of rotatable bonds is 2. The molecule has 2 heteroatoms. The topological polar surface area (TPSA) is 37.3 Å². The van der Waals surface area contributed by atoms with Crippen molar-refractivity contribution >= 4 is 5.97 Å². The molecule has 12 heavy (non-hydrogen) atoms. The zero-order valence-electron chi connectivity index (χ0n) is 7.97. The molecule has 1 rings (SSSR count). The first-order valence-corrected chi connectivity index (χ1v) is 4.83. The van der Waals surface area contributed by atoms with Gasteiger partial charge in [-0.15, -0.1) is 0 Å². The Morgan fingerprint density at radius 3 is 2.67 bits per heavy atom. The molecule has 1 fully saturated rings. The molecule has 0 aliphatic heterocycles. The van der Waals surface area contributed by atoms with Crippen LogP contribution < -0.4 is 0 Å². The van der Waals surface area contributed by atoms with Crippen LogP contribution in [0.1, 0.15) is 46.0 Å². The highest BCUT2D eigenvalue weighted by atomic mass is 16.4.